The molecule has 3 heteroatoms. The van der Waals surface area contributed by atoms with E-state index >= 15 is 0 Å². The van der Waals surface area contributed by atoms with Crippen molar-refractivity contribution in [1.29, 1.82) is 0 Å². The molecule has 0 amide bonds. The average molecular weight is 195 g/mol. The quantitative estimate of drug-likeness (QED) is 0.552. The van der Waals surface area contributed by atoms with Gasteiger partial charge in [0.2, 0.25) is 0 Å². The lowest BCUT2D eigenvalue weighted by molar-refractivity contribution is 1.15. The first-order valence-electron chi connectivity index (χ1n) is 4.74. The molecule has 0 unspecified atom stereocenters. The highest BCUT2D eigenvalue weighted by Crippen LogP contribution is 2.41. The molecule has 0 saturated carbocycles. The van der Waals surface area contributed by atoms with Crippen LogP contribution in [-0.4, -0.2) is 15.0 Å². The Kier molecular flexibility index (Phi) is 1.51. The summed E-state index contributed by atoms with van der Waals surface area (Å²) >= 11 is 0. The summed E-state index contributed by atoms with van der Waals surface area (Å²) in [6.07, 6.45) is 5.15. The predicted octanol–water partition coefficient (Wildman–Crippen LogP) is 2.22. The van der Waals surface area contributed by atoms with Crippen molar-refractivity contribution in [2.75, 3.05) is 0 Å². The fourth-order valence-electron chi connectivity index (χ4n) is 1.99. The molecule has 72 valence electrons. The minimum absolute atomic E-state index is 0.897. The number of aromatic nitrogens is 3. The molecular weight excluding hydrogens is 186 g/mol. The van der Waals surface area contributed by atoms with Crippen LogP contribution in [-0.2, 0) is 0 Å². The van der Waals surface area contributed by atoms with Gasteiger partial charge in [-0.25, -0.2) is 9.97 Å². The van der Waals surface area contributed by atoms with Crippen LogP contribution < -0.4 is 0 Å². The third-order valence-electron chi connectivity index (χ3n) is 2.72. The second-order valence-electron chi connectivity index (χ2n) is 3.62. The van der Waals surface area contributed by atoms with Crippen molar-refractivity contribution in [3.63, 3.8) is 0 Å². The topological polar surface area (TPSA) is 38.7 Å². The number of nitrogens with zero attached hydrogens (tertiary/aromatic N) is 3. The Balaban J connectivity index is 2.43. The van der Waals surface area contributed by atoms with Gasteiger partial charge in [-0.05, 0) is 24.1 Å². The van der Waals surface area contributed by atoms with E-state index in [1.165, 1.54) is 5.56 Å². The first kappa shape index (κ1) is 8.29. The monoisotopic (exact) mass is 195 g/mol. The van der Waals surface area contributed by atoms with E-state index in [1.54, 1.807) is 18.7 Å². The molecule has 0 aliphatic heterocycles. The van der Waals surface area contributed by atoms with Gasteiger partial charge in [0.25, 0.3) is 0 Å². The number of rotatable bonds is 0. The molecule has 0 aromatic carbocycles. The van der Waals surface area contributed by atoms with E-state index in [2.05, 4.69) is 28.5 Å². The van der Waals surface area contributed by atoms with Gasteiger partial charge in [0.05, 0.1) is 5.69 Å². The van der Waals surface area contributed by atoms with Crippen molar-refractivity contribution in [2.45, 2.75) is 6.92 Å². The number of pyridine rings is 1. The summed E-state index contributed by atoms with van der Waals surface area (Å²) < 4.78 is 0. The Hall–Kier alpha value is -2.03. The minimum Gasteiger partial charge on any atom is -0.254 e. The molecule has 2 heterocycles. The molecule has 0 fully saturated rings. The van der Waals surface area contributed by atoms with Crippen molar-refractivity contribution in [3.8, 4) is 11.4 Å². The number of fused-ring (bicyclic) bond motifs is 3. The molecule has 0 N–H and O–H groups in total. The molecule has 3 rings (SSSR count). The van der Waals surface area contributed by atoms with Crippen LogP contribution in [0.4, 0.5) is 0 Å². The summed E-state index contributed by atoms with van der Waals surface area (Å²) in [5, 5.41) is 0. The van der Waals surface area contributed by atoms with E-state index in [-0.39, 0.29) is 0 Å². The number of hydrogen-bond acceptors (Lipinski definition) is 3. The molecule has 0 bridgehead atoms. The summed E-state index contributed by atoms with van der Waals surface area (Å²) in [6, 6.07) is 1.99. The molecule has 1 aliphatic carbocycles. The second kappa shape index (κ2) is 2.73. The molecule has 2 aromatic rings. The van der Waals surface area contributed by atoms with Gasteiger partial charge < -0.3 is 0 Å². The molecule has 3 nitrogen and oxygen atoms in total. The molecular formula is C12H9N3. The van der Waals surface area contributed by atoms with E-state index in [0.717, 1.165) is 28.1 Å². The molecule has 1 aliphatic rings. The highest BCUT2D eigenvalue weighted by Gasteiger charge is 2.25. The molecule has 0 spiro atoms. The maximum Gasteiger partial charge on any atom is 0.116 e. The summed E-state index contributed by atoms with van der Waals surface area (Å²) in [6.45, 7) is 6.14. The smallest absolute Gasteiger partial charge is 0.116 e. The Labute approximate surface area is 87.5 Å². The van der Waals surface area contributed by atoms with Crippen molar-refractivity contribution in [1.82, 2.24) is 15.0 Å². The Morgan fingerprint density at radius 1 is 1.20 bits per heavy atom. The molecule has 0 saturated heterocycles. The van der Waals surface area contributed by atoms with Gasteiger partial charge in [0, 0.05) is 23.5 Å². The van der Waals surface area contributed by atoms with Crippen molar-refractivity contribution >= 4 is 5.57 Å². The minimum atomic E-state index is 0.897. The van der Waals surface area contributed by atoms with Crippen LogP contribution in [0.1, 0.15) is 16.7 Å². The fraction of sp³-hybridized carbons (Fsp3) is 0.0833. The maximum absolute atomic E-state index is 4.36. The highest BCUT2D eigenvalue weighted by molar-refractivity contribution is 5.97. The van der Waals surface area contributed by atoms with Gasteiger partial charge in [-0.1, -0.05) is 6.58 Å². The first-order chi connectivity index (χ1) is 7.29. The zero-order valence-corrected chi connectivity index (χ0v) is 8.36. The third kappa shape index (κ3) is 0.973. The van der Waals surface area contributed by atoms with Gasteiger partial charge in [-0.2, -0.15) is 0 Å². The van der Waals surface area contributed by atoms with Crippen LogP contribution in [0.5, 0.6) is 0 Å². The Morgan fingerprint density at radius 2 is 2.07 bits per heavy atom. The van der Waals surface area contributed by atoms with Gasteiger partial charge in [-0.3, -0.25) is 4.98 Å². The fourth-order valence-corrected chi connectivity index (χ4v) is 1.99. The largest absolute Gasteiger partial charge is 0.254 e. The maximum atomic E-state index is 4.36. The SMILES string of the molecule is C=C1c2cncnc2-c2nccc(C)c21. The van der Waals surface area contributed by atoms with Gasteiger partial charge in [0.15, 0.2) is 0 Å². The second-order valence-corrected chi connectivity index (χ2v) is 3.62. The van der Waals surface area contributed by atoms with Crippen molar-refractivity contribution < 1.29 is 0 Å². The third-order valence-corrected chi connectivity index (χ3v) is 2.72. The molecule has 2 aromatic heterocycles. The van der Waals surface area contributed by atoms with Crippen LogP contribution in [0.3, 0.4) is 0 Å². The van der Waals surface area contributed by atoms with Gasteiger partial charge in [0.1, 0.15) is 12.0 Å². The first-order valence-corrected chi connectivity index (χ1v) is 4.74. The number of aryl methyl sites for hydroxylation is 1. The average Bonchev–Trinajstić information content (AvgIpc) is 2.55. The van der Waals surface area contributed by atoms with Crippen molar-refractivity contribution in [3.05, 3.63) is 48.1 Å². The summed E-state index contributed by atoms with van der Waals surface area (Å²) in [5.41, 5.74) is 6.09. The lowest BCUT2D eigenvalue weighted by atomic mass is 10.0. The molecule has 0 atom stereocenters. The normalized spacial score (nSPS) is 12.5. The van der Waals surface area contributed by atoms with E-state index in [1.807, 2.05) is 6.07 Å². The molecule has 0 radical (unpaired) electrons. The van der Waals surface area contributed by atoms with Crippen molar-refractivity contribution in [2.24, 2.45) is 0 Å². The van der Waals surface area contributed by atoms with Crippen LogP contribution in [0.25, 0.3) is 17.0 Å². The summed E-state index contributed by atoms with van der Waals surface area (Å²) in [5.74, 6) is 0. The van der Waals surface area contributed by atoms with E-state index in [4.69, 9.17) is 0 Å². The Bertz CT molecular complexity index is 573. The van der Waals surface area contributed by atoms with E-state index < -0.39 is 0 Å². The van der Waals surface area contributed by atoms with Gasteiger partial charge in [-0.15, -0.1) is 0 Å². The zero-order chi connectivity index (χ0) is 10.4. The van der Waals surface area contributed by atoms with Crippen LogP contribution in [0, 0.1) is 6.92 Å². The van der Waals surface area contributed by atoms with E-state index in [9.17, 15) is 0 Å². The lowest BCUT2D eigenvalue weighted by Crippen LogP contribution is -1.88. The van der Waals surface area contributed by atoms with Crippen LogP contribution in [0.15, 0.2) is 31.4 Å². The summed E-state index contributed by atoms with van der Waals surface area (Å²) in [4.78, 5) is 12.6. The predicted molar refractivity (Wildman–Crippen MR) is 58.1 cm³/mol. The standard InChI is InChI=1S/C12H9N3/c1-7-3-4-14-12-10(7)8(2)9-5-13-6-15-11(9)12/h3-6H,2H2,1H3. The highest BCUT2D eigenvalue weighted by atomic mass is 14.9. The number of hydrogen-bond donors (Lipinski definition) is 0. The summed E-state index contributed by atoms with van der Waals surface area (Å²) in [7, 11) is 0. The van der Waals surface area contributed by atoms with Gasteiger partial charge >= 0.3 is 0 Å². The zero-order valence-electron chi connectivity index (χ0n) is 8.36. The lowest BCUT2D eigenvalue weighted by Gasteiger charge is -2.02. The van der Waals surface area contributed by atoms with Crippen LogP contribution in [0.2, 0.25) is 0 Å². The Morgan fingerprint density at radius 3 is 2.93 bits per heavy atom. The molecule has 15 heavy (non-hydrogen) atoms. The van der Waals surface area contributed by atoms with Crippen LogP contribution >= 0.6 is 0 Å². The van der Waals surface area contributed by atoms with E-state index in [0.29, 0.717) is 0 Å².